The molecule has 0 bridgehead atoms. The third-order valence-corrected chi connectivity index (χ3v) is 3.15. The fourth-order valence-corrected chi connectivity index (χ4v) is 2.20. The molecule has 0 amide bonds. The summed E-state index contributed by atoms with van der Waals surface area (Å²) in [6, 6.07) is 15.5. The van der Waals surface area contributed by atoms with Gasteiger partial charge in [-0.15, -0.1) is 0 Å². The van der Waals surface area contributed by atoms with Crippen LogP contribution >= 0.6 is 11.6 Å². The Balaban J connectivity index is 2.05. The highest BCUT2D eigenvalue weighted by Gasteiger charge is 2.05. The molecule has 0 aliphatic rings. The number of halogens is 1. The van der Waals surface area contributed by atoms with Gasteiger partial charge in [-0.1, -0.05) is 23.7 Å². The maximum Gasteiger partial charge on any atom is 0.136 e. The zero-order valence-corrected chi connectivity index (χ0v) is 10.7. The van der Waals surface area contributed by atoms with Crippen LogP contribution in [0.1, 0.15) is 0 Å². The molecule has 2 nitrogen and oxygen atoms in total. The van der Waals surface area contributed by atoms with Crippen molar-refractivity contribution in [3.63, 3.8) is 0 Å². The van der Waals surface area contributed by atoms with E-state index in [0.29, 0.717) is 5.02 Å². The average molecular weight is 258 g/mol. The van der Waals surface area contributed by atoms with Crippen molar-refractivity contribution in [2.45, 2.75) is 0 Å². The van der Waals surface area contributed by atoms with Crippen LogP contribution in [0.3, 0.4) is 0 Å². The predicted molar refractivity (Wildman–Crippen MR) is 74.4 cm³/mol. The lowest BCUT2D eigenvalue weighted by Crippen LogP contribution is -1.87. The molecule has 0 aliphatic carbocycles. The Bertz CT molecular complexity index is 703. The SMILES string of the molecule is Cn1ccc2c(Oc3cccc(Cl)c3)cccc21. The van der Waals surface area contributed by atoms with E-state index in [2.05, 4.69) is 16.7 Å². The van der Waals surface area contributed by atoms with Gasteiger partial charge in [0.25, 0.3) is 0 Å². The van der Waals surface area contributed by atoms with Gasteiger partial charge in [0.2, 0.25) is 0 Å². The molecule has 1 aromatic heterocycles. The number of ether oxygens (including phenoxy) is 1. The van der Waals surface area contributed by atoms with Gasteiger partial charge in [0, 0.05) is 23.7 Å². The van der Waals surface area contributed by atoms with Gasteiger partial charge in [-0.05, 0) is 36.4 Å². The van der Waals surface area contributed by atoms with E-state index in [1.165, 1.54) is 0 Å². The third-order valence-electron chi connectivity index (χ3n) is 2.91. The maximum atomic E-state index is 5.95. The van der Waals surface area contributed by atoms with Crippen molar-refractivity contribution >= 4 is 22.5 Å². The highest BCUT2D eigenvalue weighted by Crippen LogP contribution is 2.31. The number of aromatic nitrogens is 1. The molecule has 0 N–H and O–H groups in total. The second-order valence-corrected chi connectivity index (χ2v) is 4.61. The van der Waals surface area contributed by atoms with E-state index in [-0.39, 0.29) is 0 Å². The van der Waals surface area contributed by atoms with Crippen molar-refractivity contribution < 1.29 is 4.74 Å². The van der Waals surface area contributed by atoms with E-state index < -0.39 is 0 Å². The molecule has 3 rings (SSSR count). The Morgan fingerprint density at radius 1 is 1.06 bits per heavy atom. The molecule has 3 heteroatoms. The van der Waals surface area contributed by atoms with Gasteiger partial charge in [-0.2, -0.15) is 0 Å². The van der Waals surface area contributed by atoms with Crippen LogP contribution in [0.4, 0.5) is 0 Å². The third kappa shape index (κ3) is 1.95. The first kappa shape index (κ1) is 11.2. The lowest BCUT2D eigenvalue weighted by atomic mass is 10.2. The largest absolute Gasteiger partial charge is 0.457 e. The smallest absolute Gasteiger partial charge is 0.136 e. The van der Waals surface area contributed by atoms with E-state index in [1.807, 2.05) is 49.6 Å². The van der Waals surface area contributed by atoms with Crippen LogP contribution in [0.15, 0.2) is 54.7 Å². The lowest BCUT2D eigenvalue weighted by molar-refractivity contribution is 0.488. The number of aryl methyl sites for hydroxylation is 1. The Morgan fingerprint density at radius 2 is 1.89 bits per heavy atom. The summed E-state index contributed by atoms with van der Waals surface area (Å²) in [5.41, 5.74) is 1.15. The second-order valence-electron chi connectivity index (χ2n) is 4.18. The molecule has 3 aromatic rings. The molecule has 0 spiro atoms. The summed E-state index contributed by atoms with van der Waals surface area (Å²) in [7, 11) is 2.02. The van der Waals surface area contributed by atoms with Crippen molar-refractivity contribution in [3.8, 4) is 11.5 Å². The zero-order chi connectivity index (χ0) is 12.5. The average Bonchev–Trinajstić information content (AvgIpc) is 2.73. The van der Waals surface area contributed by atoms with Crippen molar-refractivity contribution in [3.05, 3.63) is 59.8 Å². The van der Waals surface area contributed by atoms with E-state index in [9.17, 15) is 0 Å². The van der Waals surface area contributed by atoms with Gasteiger partial charge >= 0.3 is 0 Å². The molecule has 0 atom stereocenters. The van der Waals surface area contributed by atoms with Crippen molar-refractivity contribution in [1.29, 1.82) is 0 Å². The van der Waals surface area contributed by atoms with Crippen LogP contribution < -0.4 is 4.74 Å². The van der Waals surface area contributed by atoms with Gasteiger partial charge in [-0.25, -0.2) is 0 Å². The van der Waals surface area contributed by atoms with E-state index in [4.69, 9.17) is 16.3 Å². The van der Waals surface area contributed by atoms with E-state index in [1.54, 1.807) is 0 Å². The molecule has 90 valence electrons. The number of hydrogen-bond acceptors (Lipinski definition) is 1. The van der Waals surface area contributed by atoms with Gasteiger partial charge in [0.05, 0.1) is 5.52 Å². The van der Waals surface area contributed by atoms with Crippen LogP contribution in [-0.2, 0) is 7.05 Å². The van der Waals surface area contributed by atoms with Crippen LogP contribution in [-0.4, -0.2) is 4.57 Å². The molecule has 0 saturated heterocycles. The molecular weight excluding hydrogens is 246 g/mol. The maximum absolute atomic E-state index is 5.95. The predicted octanol–water partition coefficient (Wildman–Crippen LogP) is 4.62. The summed E-state index contributed by atoms with van der Waals surface area (Å²) >= 11 is 5.95. The van der Waals surface area contributed by atoms with Gasteiger partial charge in [0.1, 0.15) is 11.5 Å². The van der Waals surface area contributed by atoms with Gasteiger partial charge < -0.3 is 9.30 Å². The minimum atomic E-state index is 0.674. The Morgan fingerprint density at radius 3 is 2.72 bits per heavy atom. The minimum absolute atomic E-state index is 0.674. The molecule has 2 aromatic carbocycles. The summed E-state index contributed by atoms with van der Waals surface area (Å²) in [5, 5.41) is 1.77. The van der Waals surface area contributed by atoms with E-state index in [0.717, 1.165) is 22.4 Å². The molecule has 0 fully saturated rings. The topological polar surface area (TPSA) is 14.2 Å². The van der Waals surface area contributed by atoms with Crippen LogP contribution in [0.25, 0.3) is 10.9 Å². The first-order valence-corrected chi connectivity index (χ1v) is 6.09. The lowest BCUT2D eigenvalue weighted by Gasteiger charge is -2.07. The Hall–Kier alpha value is -1.93. The van der Waals surface area contributed by atoms with Crippen LogP contribution in [0.2, 0.25) is 5.02 Å². The molecule has 18 heavy (non-hydrogen) atoms. The molecule has 1 heterocycles. The Labute approximate surface area is 110 Å². The standard InChI is InChI=1S/C15H12ClNO/c1-17-9-8-13-14(17)6-3-7-15(13)18-12-5-2-4-11(16)10-12/h2-10H,1H3. The molecule has 0 aliphatic heterocycles. The number of rotatable bonds is 2. The zero-order valence-electron chi connectivity index (χ0n) is 9.93. The van der Waals surface area contributed by atoms with Gasteiger partial charge in [-0.3, -0.25) is 0 Å². The van der Waals surface area contributed by atoms with E-state index >= 15 is 0 Å². The van der Waals surface area contributed by atoms with Gasteiger partial charge in [0.15, 0.2) is 0 Å². The Kier molecular flexibility index (Phi) is 2.73. The normalized spacial score (nSPS) is 10.8. The second kappa shape index (κ2) is 4.39. The van der Waals surface area contributed by atoms with Crippen molar-refractivity contribution in [1.82, 2.24) is 4.57 Å². The van der Waals surface area contributed by atoms with Crippen LogP contribution in [0.5, 0.6) is 11.5 Å². The highest BCUT2D eigenvalue weighted by atomic mass is 35.5. The summed E-state index contributed by atoms with van der Waals surface area (Å²) in [5.74, 6) is 1.59. The van der Waals surface area contributed by atoms with Crippen molar-refractivity contribution in [2.75, 3.05) is 0 Å². The molecule has 0 unspecified atom stereocenters. The summed E-state index contributed by atoms with van der Waals surface area (Å²) in [6.07, 6.45) is 2.02. The monoisotopic (exact) mass is 257 g/mol. The summed E-state index contributed by atoms with van der Waals surface area (Å²) in [4.78, 5) is 0. The number of benzene rings is 2. The van der Waals surface area contributed by atoms with Crippen molar-refractivity contribution in [2.24, 2.45) is 7.05 Å². The fourth-order valence-electron chi connectivity index (χ4n) is 2.02. The molecule has 0 saturated carbocycles. The number of hydrogen-bond donors (Lipinski definition) is 0. The van der Waals surface area contributed by atoms with Crippen LogP contribution in [0, 0.1) is 0 Å². The molecule has 0 radical (unpaired) electrons. The quantitative estimate of drug-likeness (QED) is 0.653. The molecular formula is C15H12ClNO. The number of fused-ring (bicyclic) bond motifs is 1. The summed E-state index contributed by atoms with van der Waals surface area (Å²) in [6.45, 7) is 0. The fraction of sp³-hybridized carbons (Fsp3) is 0.0667. The number of nitrogens with zero attached hydrogens (tertiary/aromatic N) is 1. The summed E-state index contributed by atoms with van der Waals surface area (Å²) < 4.78 is 7.96. The minimum Gasteiger partial charge on any atom is -0.457 e. The highest BCUT2D eigenvalue weighted by molar-refractivity contribution is 6.30. The first-order valence-electron chi connectivity index (χ1n) is 5.71. The first-order chi connectivity index (χ1) is 8.74.